The van der Waals surface area contributed by atoms with Gasteiger partial charge in [-0.2, -0.15) is 8.42 Å². The summed E-state index contributed by atoms with van der Waals surface area (Å²) in [7, 11) is -5.37. The number of carbonyl (C=O) groups excluding carboxylic acids is 1. The number of ketones is 1. The predicted molar refractivity (Wildman–Crippen MR) is 81.8 cm³/mol. The summed E-state index contributed by atoms with van der Waals surface area (Å²) >= 11 is 0. The van der Waals surface area contributed by atoms with Gasteiger partial charge in [0.1, 0.15) is 5.78 Å². The van der Waals surface area contributed by atoms with Crippen molar-refractivity contribution in [1.29, 1.82) is 0 Å². The van der Waals surface area contributed by atoms with Crippen LogP contribution in [-0.2, 0) is 19.1 Å². The van der Waals surface area contributed by atoms with Crippen molar-refractivity contribution in [2.75, 3.05) is 6.26 Å². The maximum Gasteiger partial charge on any atom is 0.264 e. The maximum atomic E-state index is 13.1. The summed E-state index contributed by atoms with van der Waals surface area (Å²) in [6.45, 7) is 14.4. The highest BCUT2D eigenvalue weighted by Gasteiger charge is 2.88. The van der Waals surface area contributed by atoms with E-state index in [9.17, 15) is 13.2 Å². The molecular weight excluding hydrogens is 292 g/mol. The molecule has 3 atom stereocenters. The van der Waals surface area contributed by atoms with E-state index >= 15 is 0 Å². The Kier molecular flexibility index (Phi) is 3.04. The summed E-state index contributed by atoms with van der Waals surface area (Å²) in [6.07, 6.45) is 0.531. The Balaban J connectivity index is 2.57. The minimum atomic E-state index is -3.57. The summed E-state index contributed by atoms with van der Waals surface area (Å²) in [5, 5.41) is -0.362. The predicted octanol–water partition coefficient (Wildman–Crippen LogP) is 2.67. The van der Waals surface area contributed by atoms with Gasteiger partial charge in [-0.1, -0.05) is 47.3 Å². The summed E-state index contributed by atoms with van der Waals surface area (Å²) in [5.41, 5.74) is -0.900. The molecule has 2 saturated carbocycles. The third kappa shape index (κ3) is 1.67. The van der Waals surface area contributed by atoms with Gasteiger partial charge in [0.25, 0.3) is 10.1 Å². The molecule has 6 heteroatoms. The number of Topliss-reactive ketones (excluding diaryl/α,β-unsaturated/α-hetero) is 1. The zero-order valence-corrected chi connectivity index (χ0v) is 15.5. The molecule has 2 fully saturated rings. The average molecular weight is 319 g/mol. The highest BCUT2D eigenvalue weighted by molar-refractivity contribution is 7.86. The molecule has 0 aromatic heterocycles. The van der Waals surface area contributed by atoms with Crippen LogP contribution in [0, 0.1) is 16.7 Å². The topological polar surface area (TPSA) is 60.4 Å². The first-order valence-electron chi connectivity index (χ1n) is 7.05. The minimum Gasteiger partial charge on any atom is -0.299 e. The Bertz CT molecular complexity index is 570. The van der Waals surface area contributed by atoms with Gasteiger partial charge in [0, 0.05) is 11.0 Å². The first-order valence-corrected chi connectivity index (χ1v) is 12.4. The third-order valence-corrected chi connectivity index (χ3v) is 9.70. The van der Waals surface area contributed by atoms with Crippen molar-refractivity contribution in [3.8, 4) is 0 Å². The van der Waals surface area contributed by atoms with E-state index in [-0.39, 0.29) is 22.2 Å². The van der Waals surface area contributed by atoms with Crippen LogP contribution >= 0.6 is 0 Å². The van der Waals surface area contributed by atoms with Gasteiger partial charge in [0.15, 0.2) is 0 Å². The molecule has 2 aliphatic carbocycles. The average Bonchev–Trinajstić information content (AvgIpc) is 2.61. The van der Waals surface area contributed by atoms with E-state index in [0.717, 1.165) is 6.26 Å². The fraction of sp³-hybridized carbons (Fsp3) is 0.929. The number of hydrogen-bond donors (Lipinski definition) is 0. The smallest absolute Gasteiger partial charge is 0.264 e. The van der Waals surface area contributed by atoms with Crippen molar-refractivity contribution in [2.24, 2.45) is 16.7 Å². The van der Waals surface area contributed by atoms with E-state index < -0.39 is 29.7 Å². The first-order chi connectivity index (χ1) is 8.62. The second-order valence-corrected chi connectivity index (χ2v) is 15.4. The molecule has 0 aromatic rings. The van der Waals surface area contributed by atoms with E-state index in [0.29, 0.717) is 0 Å². The molecule has 0 bridgehead atoms. The van der Waals surface area contributed by atoms with Crippen molar-refractivity contribution < 1.29 is 17.4 Å². The number of hydrogen-bond acceptors (Lipinski definition) is 4. The van der Waals surface area contributed by atoms with E-state index in [4.69, 9.17) is 4.18 Å². The van der Waals surface area contributed by atoms with E-state index in [1.54, 1.807) is 0 Å². The Labute approximate surface area is 123 Å². The lowest BCUT2D eigenvalue weighted by Crippen LogP contribution is -2.45. The summed E-state index contributed by atoms with van der Waals surface area (Å²) < 4.78 is 28.5. The lowest BCUT2D eigenvalue weighted by atomic mass is 9.79. The molecule has 2 rings (SSSR count). The van der Waals surface area contributed by atoms with E-state index in [2.05, 4.69) is 33.5 Å². The summed E-state index contributed by atoms with van der Waals surface area (Å²) in [5.74, 6) is 0.215. The molecular formula is C14H26O4SSi. The molecule has 0 spiro atoms. The van der Waals surface area contributed by atoms with Crippen LogP contribution in [0.4, 0.5) is 0 Å². The van der Waals surface area contributed by atoms with Gasteiger partial charge in [-0.3, -0.25) is 8.98 Å². The van der Waals surface area contributed by atoms with Gasteiger partial charge < -0.3 is 0 Å². The molecule has 116 valence electrons. The fourth-order valence-electron chi connectivity index (χ4n) is 5.03. The lowest BCUT2D eigenvalue weighted by Gasteiger charge is -2.36. The van der Waals surface area contributed by atoms with E-state index in [1.807, 2.05) is 13.8 Å². The van der Waals surface area contributed by atoms with Crippen molar-refractivity contribution in [3.63, 3.8) is 0 Å². The van der Waals surface area contributed by atoms with Crippen LogP contribution in [0.5, 0.6) is 0 Å². The zero-order valence-electron chi connectivity index (χ0n) is 13.7. The summed E-state index contributed by atoms with van der Waals surface area (Å²) in [4.78, 5) is 13.1. The quantitative estimate of drug-likeness (QED) is 0.593. The van der Waals surface area contributed by atoms with Gasteiger partial charge in [-0.25, -0.2) is 0 Å². The van der Waals surface area contributed by atoms with Crippen LogP contribution in [0.25, 0.3) is 0 Å². The number of fused-ring (bicyclic) bond motifs is 1. The Morgan fingerprint density at radius 3 is 1.85 bits per heavy atom. The van der Waals surface area contributed by atoms with Crippen LogP contribution in [-0.4, -0.2) is 34.6 Å². The number of rotatable bonds is 3. The van der Waals surface area contributed by atoms with Crippen LogP contribution < -0.4 is 0 Å². The molecule has 0 aliphatic heterocycles. The Morgan fingerprint density at radius 1 is 1.10 bits per heavy atom. The second-order valence-electron chi connectivity index (χ2n) is 8.53. The molecule has 20 heavy (non-hydrogen) atoms. The van der Waals surface area contributed by atoms with Crippen LogP contribution in [0.15, 0.2) is 0 Å². The van der Waals surface area contributed by atoms with Gasteiger partial charge in [-0.15, -0.1) is 0 Å². The SMILES string of the molecule is CC1(C)C(=O)C2([Si](C)(C)C)C(C1OS(C)(=O)=O)C2(C)C. The molecule has 3 unspecified atom stereocenters. The molecule has 0 saturated heterocycles. The fourth-order valence-corrected chi connectivity index (χ4v) is 10.2. The highest BCUT2D eigenvalue weighted by Crippen LogP contribution is 2.86. The minimum absolute atomic E-state index is 0.0129. The van der Waals surface area contributed by atoms with E-state index in [1.165, 1.54) is 0 Å². The molecule has 4 nitrogen and oxygen atoms in total. The Morgan fingerprint density at radius 2 is 1.55 bits per heavy atom. The largest absolute Gasteiger partial charge is 0.299 e. The Hall–Kier alpha value is -0.203. The first kappa shape index (κ1) is 16.2. The maximum absolute atomic E-state index is 13.1. The third-order valence-electron chi connectivity index (χ3n) is 5.60. The normalized spacial score (nSPS) is 38.7. The van der Waals surface area contributed by atoms with Gasteiger partial charge in [0.05, 0.1) is 25.8 Å². The highest BCUT2D eigenvalue weighted by atomic mass is 32.2. The van der Waals surface area contributed by atoms with Crippen LogP contribution in [0.2, 0.25) is 24.7 Å². The molecule has 0 N–H and O–H groups in total. The molecule has 0 heterocycles. The number of carbonyl (C=O) groups is 1. The van der Waals surface area contributed by atoms with Crippen molar-refractivity contribution in [3.05, 3.63) is 0 Å². The monoisotopic (exact) mass is 318 g/mol. The second kappa shape index (κ2) is 3.76. The van der Waals surface area contributed by atoms with Crippen molar-refractivity contribution in [1.82, 2.24) is 0 Å². The van der Waals surface area contributed by atoms with Crippen LogP contribution in [0.1, 0.15) is 27.7 Å². The van der Waals surface area contributed by atoms with Gasteiger partial charge in [-0.05, 0) is 5.41 Å². The lowest BCUT2D eigenvalue weighted by molar-refractivity contribution is -0.130. The van der Waals surface area contributed by atoms with Crippen molar-refractivity contribution in [2.45, 2.75) is 58.5 Å². The summed E-state index contributed by atoms with van der Waals surface area (Å²) in [6, 6.07) is 0. The molecule has 0 aromatic carbocycles. The van der Waals surface area contributed by atoms with Crippen molar-refractivity contribution >= 4 is 24.0 Å². The van der Waals surface area contributed by atoms with Gasteiger partial charge in [0.2, 0.25) is 0 Å². The standard InChI is InChI=1S/C14H26O4SSi/c1-12(2)10(18-19(5,16)17)9-13(3,4)14(9,11(12)15)20(6,7)8/h9-10H,1-8H3. The zero-order chi connectivity index (χ0) is 15.9. The molecule has 0 radical (unpaired) electrons. The molecule has 0 amide bonds. The van der Waals surface area contributed by atoms with Gasteiger partial charge >= 0.3 is 0 Å². The molecule has 2 aliphatic rings. The van der Waals surface area contributed by atoms with Crippen LogP contribution in [0.3, 0.4) is 0 Å².